The van der Waals surface area contributed by atoms with Crippen LogP contribution in [-0.2, 0) is 4.79 Å². The van der Waals surface area contributed by atoms with E-state index in [4.69, 9.17) is 9.84 Å². The Morgan fingerprint density at radius 1 is 1.13 bits per heavy atom. The molecule has 0 spiro atoms. The largest absolute Gasteiger partial charge is 0.478 e. The highest BCUT2D eigenvalue weighted by molar-refractivity contribution is 5.95. The number of carboxylic acids is 1. The van der Waals surface area contributed by atoms with E-state index in [0.29, 0.717) is 0 Å². The topological polar surface area (TPSA) is 59.4 Å². The van der Waals surface area contributed by atoms with Crippen LogP contribution in [0.3, 0.4) is 0 Å². The molecule has 0 saturated heterocycles. The predicted octanol–water partition coefficient (Wildman–Crippen LogP) is 3.54. The first-order chi connectivity index (χ1) is 10.9. The molecule has 0 radical (unpaired) electrons. The molecular formula is C16H10F3NO3. The van der Waals surface area contributed by atoms with Crippen molar-refractivity contribution in [3.63, 3.8) is 0 Å². The van der Waals surface area contributed by atoms with Crippen LogP contribution in [0.4, 0.5) is 13.2 Å². The summed E-state index contributed by atoms with van der Waals surface area (Å²) < 4.78 is 43.7. The Bertz CT molecular complexity index is 785. The van der Waals surface area contributed by atoms with Crippen molar-refractivity contribution in [2.24, 2.45) is 0 Å². The number of carboxylic acid groups (broad SMARTS) is 1. The number of hydrogen-bond donors (Lipinski definition) is 1. The van der Waals surface area contributed by atoms with Crippen LogP contribution in [0.5, 0.6) is 5.75 Å². The number of aromatic nitrogens is 1. The van der Waals surface area contributed by atoms with Gasteiger partial charge in [0.25, 0.3) is 0 Å². The molecule has 1 aromatic heterocycles. The zero-order valence-corrected chi connectivity index (χ0v) is 11.5. The molecule has 1 unspecified atom stereocenters. The fraction of sp³-hybridized carbons (Fsp3) is 0.125. The molecule has 1 aliphatic rings. The van der Waals surface area contributed by atoms with Gasteiger partial charge in [0.05, 0.1) is 5.57 Å². The molecule has 3 rings (SSSR count). The average molecular weight is 321 g/mol. The summed E-state index contributed by atoms with van der Waals surface area (Å²) in [4.78, 5) is 15.0. The van der Waals surface area contributed by atoms with Gasteiger partial charge >= 0.3 is 12.1 Å². The van der Waals surface area contributed by atoms with Gasteiger partial charge in [-0.1, -0.05) is 6.07 Å². The van der Waals surface area contributed by atoms with Crippen molar-refractivity contribution in [2.45, 2.75) is 12.3 Å². The van der Waals surface area contributed by atoms with Gasteiger partial charge in [0, 0.05) is 18.0 Å². The maximum absolute atomic E-state index is 13.0. The van der Waals surface area contributed by atoms with Gasteiger partial charge in [-0.25, -0.2) is 4.79 Å². The van der Waals surface area contributed by atoms with Crippen molar-refractivity contribution in [2.75, 3.05) is 0 Å². The number of nitrogens with zero attached hydrogens (tertiary/aromatic N) is 1. The van der Waals surface area contributed by atoms with E-state index in [1.807, 2.05) is 0 Å². The van der Waals surface area contributed by atoms with Crippen molar-refractivity contribution in [3.05, 3.63) is 53.9 Å². The average Bonchev–Trinajstić information content (AvgIpc) is 2.53. The number of aliphatic carboxylic acids is 1. The number of ether oxygens (including phenoxy) is 1. The third-order valence-electron chi connectivity index (χ3n) is 3.41. The lowest BCUT2D eigenvalue weighted by Gasteiger charge is -2.27. The Hall–Kier alpha value is -2.83. The number of hydrogen-bond acceptors (Lipinski definition) is 3. The van der Waals surface area contributed by atoms with Crippen molar-refractivity contribution in [1.29, 1.82) is 0 Å². The number of halogens is 3. The van der Waals surface area contributed by atoms with Crippen LogP contribution in [-0.4, -0.2) is 28.3 Å². The third kappa shape index (κ3) is 2.90. The normalized spacial score (nSPS) is 17.0. The highest BCUT2D eigenvalue weighted by Crippen LogP contribution is 2.38. The summed E-state index contributed by atoms with van der Waals surface area (Å²) >= 11 is 0. The zero-order chi connectivity index (χ0) is 16.6. The van der Waals surface area contributed by atoms with Crippen LogP contribution < -0.4 is 4.74 Å². The van der Waals surface area contributed by atoms with E-state index in [0.717, 1.165) is 17.2 Å². The molecular weight excluding hydrogens is 311 g/mol. The van der Waals surface area contributed by atoms with Crippen LogP contribution in [0.25, 0.3) is 17.2 Å². The Labute approximate surface area is 128 Å². The zero-order valence-electron chi connectivity index (χ0n) is 11.5. The highest BCUT2D eigenvalue weighted by atomic mass is 19.4. The molecule has 0 saturated carbocycles. The van der Waals surface area contributed by atoms with Crippen LogP contribution in [0, 0.1) is 0 Å². The molecule has 23 heavy (non-hydrogen) atoms. The maximum Gasteiger partial charge on any atom is 0.430 e. The second-order valence-corrected chi connectivity index (χ2v) is 4.93. The predicted molar refractivity (Wildman–Crippen MR) is 75.8 cm³/mol. The SMILES string of the molecule is O=C(O)C1=Cc2cc(-c3ccncc3)ccc2OC1C(F)(F)F. The number of carbonyl (C=O) groups is 1. The number of rotatable bonds is 2. The summed E-state index contributed by atoms with van der Waals surface area (Å²) in [5.41, 5.74) is 0.987. The Morgan fingerprint density at radius 3 is 2.43 bits per heavy atom. The summed E-state index contributed by atoms with van der Waals surface area (Å²) in [6.45, 7) is 0. The molecule has 4 nitrogen and oxygen atoms in total. The lowest BCUT2D eigenvalue weighted by molar-refractivity contribution is -0.187. The fourth-order valence-corrected chi connectivity index (χ4v) is 2.34. The van der Waals surface area contributed by atoms with Gasteiger partial charge in [0.15, 0.2) is 0 Å². The number of fused-ring (bicyclic) bond motifs is 1. The van der Waals surface area contributed by atoms with E-state index in [1.165, 1.54) is 6.07 Å². The lowest BCUT2D eigenvalue weighted by Crippen LogP contribution is -2.40. The summed E-state index contributed by atoms with van der Waals surface area (Å²) in [6, 6.07) is 8.08. The number of pyridine rings is 1. The summed E-state index contributed by atoms with van der Waals surface area (Å²) in [5.74, 6) is -1.66. The van der Waals surface area contributed by atoms with Crippen LogP contribution in [0.15, 0.2) is 48.3 Å². The van der Waals surface area contributed by atoms with Gasteiger partial charge in [-0.2, -0.15) is 13.2 Å². The monoisotopic (exact) mass is 321 g/mol. The molecule has 1 aliphatic heterocycles. The number of alkyl halides is 3. The number of benzene rings is 1. The van der Waals surface area contributed by atoms with E-state index in [1.54, 1.807) is 36.7 Å². The molecule has 0 aliphatic carbocycles. The summed E-state index contributed by atoms with van der Waals surface area (Å²) in [6.07, 6.45) is -3.10. The van der Waals surface area contributed by atoms with Gasteiger partial charge in [-0.3, -0.25) is 4.98 Å². The second kappa shape index (κ2) is 5.42. The Kier molecular flexibility index (Phi) is 3.55. The van der Waals surface area contributed by atoms with E-state index in [9.17, 15) is 18.0 Å². The van der Waals surface area contributed by atoms with Gasteiger partial charge in [0.1, 0.15) is 5.75 Å². The second-order valence-electron chi connectivity index (χ2n) is 4.93. The van der Waals surface area contributed by atoms with Crippen molar-refractivity contribution >= 4 is 12.0 Å². The Morgan fingerprint density at radius 2 is 1.83 bits per heavy atom. The molecule has 2 aromatic rings. The molecule has 118 valence electrons. The van der Waals surface area contributed by atoms with Crippen molar-refractivity contribution in [3.8, 4) is 16.9 Å². The molecule has 1 aromatic carbocycles. The molecule has 0 amide bonds. The fourth-order valence-electron chi connectivity index (χ4n) is 2.34. The first-order valence-corrected chi connectivity index (χ1v) is 6.59. The van der Waals surface area contributed by atoms with E-state index >= 15 is 0 Å². The smallest absolute Gasteiger partial charge is 0.430 e. The molecule has 0 bridgehead atoms. The highest BCUT2D eigenvalue weighted by Gasteiger charge is 2.48. The molecule has 1 atom stereocenters. The van der Waals surface area contributed by atoms with Crippen LogP contribution >= 0.6 is 0 Å². The maximum atomic E-state index is 13.0. The van der Waals surface area contributed by atoms with Crippen LogP contribution in [0.1, 0.15) is 5.56 Å². The van der Waals surface area contributed by atoms with Gasteiger partial charge < -0.3 is 9.84 Å². The first-order valence-electron chi connectivity index (χ1n) is 6.59. The van der Waals surface area contributed by atoms with E-state index in [2.05, 4.69) is 4.98 Å². The van der Waals surface area contributed by atoms with Gasteiger partial charge in [0.2, 0.25) is 6.10 Å². The standard InChI is InChI=1S/C16H10F3NO3/c17-16(18,19)14-12(15(21)22)8-11-7-10(1-2-13(11)23-14)9-3-5-20-6-4-9/h1-8,14H,(H,21,22). The quantitative estimate of drug-likeness (QED) is 0.919. The van der Waals surface area contributed by atoms with Gasteiger partial charge in [-0.15, -0.1) is 0 Å². The molecule has 0 fully saturated rings. The third-order valence-corrected chi connectivity index (χ3v) is 3.41. The molecule has 7 heteroatoms. The minimum absolute atomic E-state index is 0.00451. The summed E-state index contributed by atoms with van der Waals surface area (Å²) in [5, 5.41) is 9.03. The first kappa shape index (κ1) is 15.1. The van der Waals surface area contributed by atoms with E-state index < -0.39 is 23.8 Å². The summed E-state index contributed by atoms with van der Waals surface area (Å²) in [7, 11) is 0. The van der Waals surface area contributed by atoms with E-state index in [-0.39, 0.29) is 11.3 Å². The van der Waals surface area contributed by atoms with Gasteiger partial charge in [-0.05, 0) is 41.5 Å². The molecule has 2 heterocycles. The molecule has 1 N–H and O–H groups in total. The van der Waals surface area contributed by atoms with Crippen LogP contribution in [0.2, 0.25) is 0 Å². The van der Waals surface area contributed by atoms with Crippen molar-refractivity contribution in [1.82, 2.24) is 4.98 Å². The lowest BCUT2D eigenvalue weighted by atomic mass is 9.97. The van der Waals surface area contributed by atoms with Crippen molar-refractivity contribution < 1.29 is 27.8 Å². The Balaban J connectivity index is 2.07. The minimum Gasteiger partial charge on any atom is -0.478 e. The minimum atomic E-state index is -4.80.